The maximum atomic E-state index is 12.4. The largest absolute Gasteiger partial charge is 0.459 e. The molecule has 1 aromatic carbocycles. The Morgan fingerprint density at radius 2 is 1.78 bits per heavy atom. The topological polar surface area (TPSA) is 67.4 Å². The smallest absolute Gasteiger partial charge is 0.329 e. The van der Waals surface area contributed by atoms with Crippen LogP contribution in [-0.2, 0) is 20.9 Å². The maximum Gasteiger partial charge on any atom is 0.329 e. The van der Waals surface area contributed by atoms with Crippen LogP contribution in [0, 0.1) is 5.92 Å². The van der Waals surface area contributed by atoms with E-state index in [1.54, 1.807) is 7.05 Å². The minimum absolute atomic E-state index is 0.0107. The third-order valence-corrected chi connectivity index (χ3v) is 4.06. The van der Waals surface area contributed by atoms with E-state index in [0.717, 1.165) is 12.0 Å². The van der Waals surface area contributed by atoms with Gasteiger partial charge in [-0.3, -0.25) is 4.79 Å². The quantitative estimate of drug-likeness (QED) is 0.685. The number of benzene rings is 1. The van der Waals surface area contributed by atoms with E-state index in [9.17, 15) is 9.59 Å². The van der Waals surface area contributed by atoms with Crippen LogP contribution in [0.3, 0.4) is 0 Å². The highest BCUT2D eigenvalue weighted by Gasteiger charge is 2.29. The predicted molar refractivity (Wildman–Crippen MR) is 90.8 cm³/mol. The number of carbonyl (C=O) groups excluding carboxylic acids is 2. The van der Waals surface area contributed by atoms with Crippen LogP contribution in [0.2, 0.25) is 0 Å². The first-order valence-corrected chi connectivity index (χ1v) is 8.21. The molecule has 0 bridgehead atoms. The SMILES string of the molecule is CC[C@H](NC)C(=O)N[C@H](C(=O)OCc1ccccc1)[C@@H](C)CC. The lowest BCUT2D eigenvalue weighted by molar-refractivity contribution is -0.151. The van der Waals surface area contributed by atoms with Crippen LogP contribution in [0.15, 0.2) is 30.3 Å². The van der Waals surface area contributed by atoms with Crippen molar-refractivity contribution in [2.75, 3.05) is 7.05 Å². The zero-order valence-electron chi connectivity index (χ0n) is 14.5. The summed E-state index contributed by atoms with van der Waals surface area (Å²) in [6.45, 7) is 6.07. The van der Waals surface area contributed by atoms with Crippen LogP contribution in [0.4, 0.5) is 0 Å². The Kier molecular flexibility index (Phi) is 8.33. The lowest BCUT2D eigenvalue weighted by Crippen LogP contribution is -2.52. The maximum absolute atomic E-state index is 12.4. The molecule has 1 aromatic rings. The Morgan fingerprint density at radius 3 is 2.30 bits per heavy atom. The molecule has 5 nitrogen and oxygen atoms in total. The van der Waals surface area contributed by atoms with Gasteiger partial charge >= 0.3 is 5.97 Å². The van der Waals surface area contributed by atoms with E-state index < -0.39 is 6.04 Å². The number of nitrogens with one attached hydrogen (secondary N) is 2. The minimum atomic E-state index is -0.626. The molecule has 1 amide bonds. The lowest BCUT2D eigenvalue weighted by atomic mass is 9.98. The van der Waals surface area contributed by atoms with E-state index in [0.29, 0.717) is 6.42 Å². The molecule has 0 aromatic heterocycles. The summed E-state index contributed by atoms with van der Waals surface area (Å²) in [7, 11) is 1.74. The molecule has 128 valence electrons. The molecule has 0 radical (unpaired) electrons. The van der Waals surface area contributed by atoms with Crippen LogP contribution in [0.25, 0.3) is 0 Å². The fraction of sp³-hybridized carbons (Fsp3) is 0.556. The number of carbonyl (C=O) groups is 2. The minimum Gasteiger partial charge on any atom is -0.459 e. The molecule has 0 fully saturated rings. The first-order valence-electron chi connectivity index (χ1n) is 8.21. The number of hydrogen-bond donors (Lipinski definition) is 2. The summed E-state index contributed by atoms with van der Waals surface area (Å²) in [6.07, 6.45) is 1.44. The average Bonchev–Trinajstić information content (AvgIpc) is 2.58. The second kappa shape index (κ2) is 10.0. The molecule has 23 heavy (non-hydrogen) atoms. The number of rotatable bonds is 9. The van der Waals surface area contributed by atoms with Crippen LogP contribution >= 0.6 is 0 Å². The van der Waals surface area contributed by atoms with E-state index in [2.05, 4.69) is 10.6 Å². The van der Waals surface area contributed by atoms with Crippen molar-refractivity contribution in [1.29, 1.82) is 0 Å². The zero-order valence-corrected chi connectivity index (χ0v) is 14.5. The molecular formula is C18H28N2O3. The second-order valence-corrected chi connectivity index (χ2v) is 5.71. The monoisotopic (exact) mass is 320 g/mol. The summed E-state index contributed by atoms with van der Waals surface area (Å²) in [5, 5.41) is 5.78. The molecule has 0 aliphatic carbocycles. The molecule has 0 unspecified atom stereocenters. The molecule has 0 spiro atoms. The van der Waals surface area contributed by atoms with E-state index >= 15 is 0 Å². The molecule has 0 saturated heterocycles. The number of amides is 1. The molecule has 0 heterocycles. The van der Waals surface area contributed by atoms with Crippen molar-refractivity contribution < 1.29 is 14.3 Å². The van der Waals surface area contributed by atoms with Gasteiger partial charge in [-0.15, -0.1) is 0 Å². The van der Waals surface area contributed by atoms with Crippen molar-refractivity contribution in [3.05, 3.63) is 35.9 Å². The van der Waals surface area contributed by atoms with Gasteiger partial charge in [-0.05, 0) is 24.9 Å². The molecule has 3 atom stereocenters. The molecular weight excluding hydrogens is 292 g/mol. The highest BCUT2D eigenvalue weighted by Crippen LogP contribution is 2.12. The van der Waals surface area contributed by atoms with Crippen molar-refractivity contribution in [2.24, 2.45) is 5.92 Å². The number of esters is 1. The molecule has 0 aliphatic heterocycles. The van der Waals surface area contributed by atoms with Crippen molar-refractivity contribution in [1.82, 2.24) is 10.6 Å². The van der Waals surface area contributed by atoms with Crippen molar-refractivity contribution in [3.63, 3.8) is 0 Å². The third-order valence-electron chi connectivity index (χ3n) is 4.06. The van der Waals surface area contributed by atoms with Gasteiger partial charge in [0.25, 0.3) is 0 Å². The van der Waals surface area contributed by atoms with Crippen LogP contribution in [0.1, 0.15) is 39.2 Å². The van der Waals surface area contributed by atoms with Gasteiger partial charge in [-0.2, -0.15) is 0 Å². The fourth-order valence-corrected chi connectivity index (χ4v) is 2.26. The lowest BCUT2D eigenvalue weighted by Gasteiger charge is -2.25. The summed E-state index contributed by atoms with van der Waals surface area (Å²) in [5.41, 5.74) is 0.928. The summed E-state index contributed by atoms with van der Waals surface area (Å²) >= 11 is 0. The van der Waals surface area contributed by atoms with E-state index in [-0.39, 0.29) is 30.4 Å². The molecule has 0 saturated carbocycles. The Morgan fingerprint density at radius 1 is 1.13 bits per heavy atom. The summed E-state index contributed by atoms with van der Waals surface area (Å²) in [6, 6.07) is 8.58. The standard InChI is InChI=1S/C18H28N2O3/c1-5-13(3)16(20-17(21)15(6-2)19-4)18(22)23-12-14-10-8-7-9-11-14/h7-11,13,15-16,19H,5-6,12H2,1-4H3,(H,20,21)/t13-,15-,16-/m0/s1. The zero-order chi connectivity index (χ0) is 17.2. The van der Waals surface area contributed by atoms with Crippen LogP contribution in [-0.4, -0.2) is 31.0 Å². The van der Waals surface area contributed by atoms with Gasteiger partial charge in [-0.25, -0.2) is 4.79 Å². The van der Waals surface area contributed by atoms with Gasteiger partial charge in [-0.1, -0.05) is 57.5 Å². The average molecular weight is 320 g/mol. The molecule has 0 aliphatic rings. The van der Waals surface area contributed by atoms with Gasteiger partial charge in [0, 0.05) is 0 Å². The second-order valence-electron chi connectivity index (χ2n) is 5.71. The molecule has 5 heteroatoms. The van der Waals surface area contributed by atoms with E-state index in [4.69, 9.17) is 4.74 Å². The number of hydrogen-bond acceptors (Lipinski definition) is 4. The van der Waals surface area contributed by atoms with Gasteiger partial charge < -0.3 is 15.4 Å². The summed E-state index contributed by atoms with van der Waals surface area (Å²) < 4.78 is 5.39. The van der Waals surface area contributed by atoms with Gasteiger partial charge in [0.1, 0.15) is 12.6 Å². The predicted octanol–water partition coefficient (Wildman–Crippen LogP) is 2.26. The molecule has 1 rings (SSSR count). The van der Waals surface area contributed by atoms with Gasteiger partial charge in [0.15, 0.2) is 0 Å². The van der Waals surface area contributed by atoms with Crippen molar-refractivity contribution >= 4 is 11.9 Å². The fourth-order valence-electron chi connectivity index (χ4n) is 2.26. The highest BCUT2D eigenvalue weighted by atomic mass is 16.5. The van der Waals surface area contributed by atoms with Crippen LogP contribution < -0.4 is 10.6 Å². The first kappa shape index (κ1) is 19.2. The Balaban J connectivity index is 2.69. The normalized spacial score (nSPS) is 14.6. The van der Waals surface area contributed by atoms with Gasteiger partial charge in [0.2, 0.25) is 5.91 Å². The van der Waals surface area contributed by atoms with Gasteiger partial charge in [0.05, 0.1) is 6.04 Å². The van der Waals surface area contributed by atoms with Crippen molar-refractivity contribution in [2.45, 2.75) is 52.3 Å². The summed E-state index contributed by atoms with van der Waals surface area (Å²) in [4.78, 5) is 24.6. The first-order chi connectivity index (χ1) is 11.0. The van der Waals surface area contributed by atoms with Crippen molar-refractivity contribution in [3.8, 4) is 0 Å². The highest BCUT2D eigenvalue weighted by molar-refractivity contribution is 5.87. The Bertz CT molecular complexity index is 486. The van der Waals surface area contributed by atoms with E-state index in [1.165, 1.54) is 0 Å². The summed E-state index contributed by atoms with van der Waals surface area (Å²) in [5.74, 6) is -0.545. The number of ether oxygens (including phenoxy) is 1. The third kappa shape index (κ3) is 6.02. The Hall–Kier alpha value is -1.88. The van der Waals surface area contributed by atoms with Crippen LogP contribution in [0.5, 0.6) is 0 Å². The Labute approximate surface area is 138 Å². The number of likely N-dealkylation sites (N-methyl/N-ethyl adjacent to an activating group) is 1. The molecule has 2 N–H and O–H groups in total. The van der Waals surface area contributed by atoms with E-state index in [1.807, 2.05) is 51.1 Å².